The highest BCUT2D eigenvalue weighted by molar-refractivity contribution is 6.88. The molecular weight excluding hydrogens is 1520 g/mol. The molecule has 0 heterocycles. The number of hydrogen-bond donors (Lipinski definition) is 0. The molecule has 0 aliphatic heterocycles. The van der Waals surface area contributed by atoms with Crippen LogP contribution < -0.4 is 5.19 Å². The first-order valence-corrected chi connectivity index (χ1v) is 58.7. The smallest absolute Gasteiger partial charge is 0.309 e. The van der Waals surface area contributed by atoms with E-state index in [2.05, 4.69) is 111 Å². The predicted octanol–water partition coefficient (Wildman–Crippen LogP) is 22.5. The van der Waals surface area contributed by atoms with E-state index in [4.69, 9.17) is 14.2 Å². The van der Waals surface area contributed by atoms with E-state index in [9.17, 15) is 14.0 Å². The van der Waals surface area contributed by atoms with Gasteiger partial charge in [0.05, 0.1) is 33.8 Å². The predicted molar refractivity (Wildman–Crippen MR) is 529 cm³/mol. The van der Waals surface area contributed by atoms with Crippen LogP contribution in [0.2, 0.25) is 42.8 Å². The van der Waals surface area contributed by atoms with Crippen molar-refractivity contribution in [1.82, 2.24) is 0 Å². The van der Waals surface area contributed by atoms with E-state index in [1.807, 2.05) is 85.8 Å². The number of methoxy groups -OCH3 is 1. The van der Waals surface area contributed by atoms with Gasteiger partial charge in [-0.15, -0.1) is 0 Å². The van der Waals surface area contributed by atoms with Crippen LogP contribution in [-0.2, 0) is 54.4 Å². The van der Waals surface area contributed by atoms with E-state index < -0.39 is 8.07 Å². The van der Waals surface area contributed by atoms with Crippen LogP contribution >= 0.6 is 0 Å². The van der Waals surface area contributed by atoms with Gasteiger partial charge in [-0.05, 0) is 91.7 Å². The second-order valence-electron chi connectivity index (χ2n) is 34.3. The number of aryl methyl sites for hydroxylation is 3. The number of benzene rings is 6. The van der Waals surface area contributed by atoms with E-state index in [0.29, 0.717) is 25.2 Å². The molecule has 0 aromatic heterocycles. The van der Waals surface area contributed by atoms with Crippen LogP contribution in [0.5, 0.6) is 0 Å². The van der Waals surface area contributed by atoms with E-state index in [1.165, 1.54) is 327 Å². The molecule has 14 heteroatoms. The quantitative estimate of drug-likeness (QED) is 0.0546. The maximum atomic E-state index is 12.2. The Balaban J connectivity index is 0.000000628. The van der Waals surface area contributed by atoms with Crippen LogP contribution in [0, 0.1) is 24.6 Å². The summed E-state index contributed by atoms with van der Waals surface area (Å²) in [4.78, 5) is 21.2. The highest BCUT2D eigenvalue weighted by Crippen LogP contribution is 2.29. The minimum Gasteiger partial charge on any atom is -0.469 e. The highest BCUT2D eigenvalue weighted by Gasteiger charge is 2.16. The Morgan fingerprint density at radius 2 is 0.713 bits per heavy atom. The van der Waals surface area contributed by atoms with Crippen molar-refractivity contribution in [3.8, 4) is 0 Å². The number of ether oxygens (including phenoxy) is 4. The fourth-order valence-electron chi connectivity index (χ4n) is 15.5. The lowest BCUT2D eigenvalue weighted by molar-refractivity contribution is -0.142. The van der Waals surface area contributed by atoms with Gasteiger partial charge in [0.25, 0.3) is 0 Å². The van der Waals surface area contributed by atoms with Crippen molar-refractivity contribution in [2.45, 2.75) is 372 Å². The van der Waals surface area contributed by atoms with Gasteiger partial charge in [-0.1, -0.05) is 469 Å². The lowest BCUT2D eigenvalue weighted by Crippen LogP contribution is -2.37. The van der Waals surface area contributed by atoms with Crippen LogP contribution in [0.4, 0.5) is 4.39 Å². The van der Waals surface area contributed by atoms with Crippen molar-refractivity contribution in [3.05, 3.63) is 210 Å². The van der Waals surface area contributed by atoms with Crippen LogP contribution in [0.1, 0.15) is 312 Å². The molecule has 6 aliphatic carbocycles. The van der Waals surface area contributed by atoms with Crippen molar-refractivity contribution in [3.63, 3.8) is 0 Å². The average Bonchev–Trinajstić information content (AvgIpc) is 1.57. The summed E-state index contributed by atoms with van der Waals surface area (Å²) in [5.41, 5.74) is 8.26. The molecule has 0 atom stereocenters. The zero-order chi connectivity index (χ0) is 84.1. The Bertz CT molecular complexity index is 2870. The van der Waals surface area contributed by atoms with Gasteiger partial charge < -0.3 is 18.9 Å². The molecule has 0 bridgehead atoms. The summed E-state index contributed by atoms with van der Waals surface area (Å²) in [7, 11) is 8.50. The topological polar surface area (TPSA) is 71.1 Å². The van der Waals surface area contributed by atoms with E-state index >= 15 is 0 Å². The lowest BCUT2D eigenvalue weighted by Gasteiger charge is -2.15. The van der Waals surface area contributed by atoms with Gasteiger partial charge in [-0.2, -0.15) is 0 Å². The third-order valence-corrected chi connectivity index (χ3v) is 28.7. The molecule has 0 amide bonds. The van der Waals surface area contributed by atoms with Gasteiger partial charge in [0.15, 0.2) is 0 Å². The summed E-state index contributed by atoms with van der Waals surface area (Å²) in [5, 5.41) is 1.54. The number of esters is 2. The molecule has 0 spiro atoms. The monoisotopic (exact) mass is 1700 g/mol. The van der Waals surface area contributed by atoms with Gasteiger partial charge in [0.2, 0.25) is 0 Å². The molecule has 115 heavy (non-hydrogen) atoms. The zero-order valence-corrected chi connectivity index (χ0v) is 89.7. The highest BCUT2D eigenvalue weighted by atomic mass is 28.3. The summed E-state index contributed by atoms with van der Waals surface area (Å²) in [6, 6.07) is 60.4. The number of carbonyl (C=O) groups excluding carboxylic acids is 2. The molecule has 650 valence electrons. The molecule has 0 saturated heterocycles. The molecule has 6 fully saturated rings. The molecule has 0 N–H and O–H groups in total. The molecule has 0 radical (unpaired) electrons. The maximum Gasteiger partial charge on any atom is 0.309 e. The SMILES string of the molecule is CC(=O)OCc1ccccc1.CCCc1ccccc1.CCc1ccc(F)cc1.COC(=O)Cc1ccccc1.C[Si](C)(C)c1ccccc1.Cc1ccccc1.[SiH3]C1CCCCCCC1.[SiH3]C1CCCCCCC1.[SiH3]CCC1CCCCCC1.[SiH3]CCC1CCCCCC1.[SiH3]COC1CCCCCC1.[SiH3]COC1CCCCCC1. The summed E-state index contributed by atoms with van der Waals surface area (Å²) >= 11 is 0. The van der Waals surface area contributed by atoms with E-state index in [-0.39, 0.29) is 17.8 Å². The third-order valence-electron chi connectivity index (χ3n) is 22.5. The van der Waals surface area contributed by atoms with Crippen LogP contribution in [0.15, 0.2) is 176 Å². The molecule has 6 aromatic rings. The Hall–Kier alpha value is -4.37. The number of halogens is 1. The Morgan fingerprint density at radius 1 is 0.400 bits per heavy atom. The third kappa shape index (κ3) is 69.0. The van der Waals surface area contributed by atoms with E-state index in [1.54, 1.807) is 76.3 Å². The van der Waals surface area contributed by atoms with E-state index in [0.717, 1.165) is 52.9 Å². The van der Waals surface area contributed by atoms with Gasteiger partial charge in [0, 0.05) is 80.8 Å². The van der Waals surface area contributed by atoms with Gasteiger partial charge in [-0.3, -0.25) is 9.59 Å². The summed E-state index contributed by atoms with van der Waals surface area (Å²) < 4.78 is 32.8. The first-order valence-electron chi connectivity index (χ1n) is 47.3. The number of rotatable bonds is 16. The number of hydrogen-bond acceptors (Lipinski definition) is 6. The Morgan fingerprint density at radius 3 is 1.00 bits per heavy atom. The zero-order valence-electron chi connectivity index (χ0n) is 76.7. The molecule has 6 saturated carbocycles. The number of carbonyl (C=O) groups is 2. The fourth-order valence-corrected chi connectivity index (χ4v) is 20.9. The molecule has 6 aliphatic rings. The van der Waals surface area contributed by atoms with Crippen molar-refractivity contribution in [2.75, 3.05) is 19.6 Å². The normalized spacial score (nSPS) is 16.7. The fraction of sp³-hybridized carbons (Fsp3) is 0.624. The van der Waals surface area contributed by atoms with Gasteiger partial charge in [0.1, 0.15) is 12.4 Å². The molecule has 12 rings (SSSR count). The van der Waals surface area contributed by atoms with Crippen LogP contribution in [0.25, 0.3) is 0 Å². The standard InChI is InChI=1S/2C9H10O2.C9H14Si.2C9H20Si.C9H12.C8H9F.2C8H18OSi.2C8H18Si.C7H8/c1-11-9(10)7-8-5-3-2-4-6-8;1-8(10)11-7-9-5-3-2-4-6-9;1-10(2,3)9-7-5-4-6-8-9;2*10-8-7-9-5-3-1-2-4-6-9;1-2-6-9-7-4-3-5-8-9;1-2-7-3-5-8(9)6-4-7;2*10-7-9-8-5-3-1-2-4-6-8;2*9-8-6-4-2-1-3-5-7-8;1-7-5-3-2-4-6-7/h2*2-6H,7H2,1H3;4-8H,1-3H3;2*9H,1-8H2,10H3;3-5,7-8H,2,6H2,1H3;3-6H,2H2,1H3;2*8H,1-7H2,10H3;2*8H,1-7H2,9H3;2-6H,1H3. The van der Waals surface area contributed by atoms with Gasteiger partial charge >= 0.3 is 11.9 Å². The maximum absolute atomic E-state index is 12.2. The van der Waals surface area contributed by atoms with Crippen LogP contribution in [0.3, 0.4) is 0 Å². The summed E-state index contributed by atoms with van der Waals surface area (Å²) in [6.45, 7) is 15.2. The Labute approximate surface area is 727 Å². The molecule has 0 unspecified atom stereocenters. The minimum absolute atomic E-state index is 0.160. The second-order valence-corrected chi connectivity index (χ2v) is 45.8. The minimum atomic E-state index is -1.03. The lowest BCUT2D eigenvalue weighted by atomic mass is 9.98. The molecule has 6 nitrogen and oxygen atoms in total. The van der Waals surface area contributed by atoms with Crippen molar-refractivity contribution in [2.24, 2.45) is 11.8 Å². The second kappa shape index (κ2) is 78.2. The molecule has 6 aromatic carbocycles. The van der Waals surface area contributed by atoms with Crippen LogP contribution in [-0.4, -0.2) is 113 Å². The summed E-state index contributed by atoms with van der Waals surface area (Å²) in [6.07, 6.45) is 66.4. The average molecular weight is 1700 g/mol. The first kappa shape index (κ1) is 109. The van der Waals surface area contributed by atoms with Crippen molar-refractivity contribution in [1.29, 1.82) is 0 Å². The Kier molecular flexibility index (Phi) is 73.9. The largest absolute Gasteiger partial charge is 0.469 e. The first-order chi connectivity index (χ1) is 55.9. The summed E-state index contributed by atoms with van der Waals surface area (Å²) in [5.74, 6) is 1.65. The van der Waals surface area contributed by atoms with Crippen molar-refractivity contribution >= 4 is 86.7 Å². The van der Waals surface area contributed by atoms with Gasteiger partial charge in [-0.25, -0.2) is 4.39 Å². The van der Waals surface area contributed by atoms with Crippen molar-refractivity contribution < 1.29 is 32.9 Å². The molecular formula is C101H175FO6Si7.